The highest BCUT2D eigenvalue weighted by atomic mass is 16.6. The molecule has 1 rings (SSSR count). The average Bonchev–Trinajstić information content (AvgIpc) is 2.40. The van der Waals surface area contributed by atoms with Crippen molar-refractivity contribution >= 4 is 12.0 Å². The molecule has 2 amide bonds. The molecular weight excluding hydrogens is 268 g/mol. The SMILES string of the molecule is CC(C)(C)OC(=O)NCCNC(=O)CCC1CCCCC1. The summed E-state index contributed by atoms with van der Waals surface area (Å²) in [7, 11) is 0. The third kappa shape index (κ3) is 9.32. The van der Waals surface area contributed by atoms with Crippen molar-refractivity contribution in [3.63, 3.8) is 0 Å². The van der Waals surface area contributed by atoms with Gasteiger partial charge in [-0.15, -0.1) is 0 Å². The molecule has 1 saturated carbocycles. The standard InChI is InChI=1S/C16H30N2O3/c1-16(2,3)21-15(20)18-12-11-17-14(19)10-9-13-7-5-4-6-8-13/h13H,4-12H2,1-3H3,(H,17,19)(H,18,20). The maximum atomic E-state index is 11.7. The Balaban J connectivity index is 2.01. The first-order chi connectivity index (χ1) is 9.87. The molecule has 0 bridgehead atoms. The summed E-state index contributed by atoms with van der Waals surface area (Å²) in [5.74, 6) is 0.802. The van der Waals surface area contributed by atoms with Crippen molar-refractivity contribution in [2.75, 3.05) is 13.1 Å². The molecule has 1 aliphatic rings. The van der Waals surface area contributed by atoms with Crippen LogP contribution in [0.4, 0.5) is 4.79 Å². The van der Waals surface area contributed by atoms with Crippen molar-refractivity contribution in [1.29, 1.82) is 0 Å². The van der Waals surface area contributed by atoms with Crippen LogP contribution in [-0.2, 0) is 9.53 Å². The van der Waals surface area contributed by atoms with Crippen molar-refractivity contribution in [1.82, 2.24) is 10.6 Å². The largest absolute Gasteiger partial charge is 0.444 e. The number of rotatable bonds is 6. The smallest absolute Gasteiger partial charge is 0.407 e. The van der Waals surface area contributed by atoms with Crippen molar-refractivity contribution in [2.45, 2.75) is 71.3 Å². The van der Waals surface area contributed by atoms with Crippen molar-refractivity contribution in [3.05, 3.63) is 0 Å². The second kappa shape index (κ2) is 8.90. The predicted molar refractivity (Wildman–Crippen MR) is 83.1 cm³/mol. The van der Waals surface area contributed by atoms with E-state index in [1.165, 1.54) is 32.1 Å². The quantitative estimate of drug-likeness (QED) is 0.741. The number of carbonyl (C=O) groups excluding carboxylic acids is 2. The molecule has 0 aromatic heterocycles. The number of hydrogen-bond donors (Lipinski definition) is 2. The number of ether oxygens (including phenoxy) is 1. The first kappa shape index (κ1) is 17.8. The van der Waals surface area contributed by atoms with Gasteiger partial charge in [0, 0.05) is 19.5 Å². The molecule has 0 heterocycles. The van der Waals surface area contributed by atoms with Gasteiger partial charge in [-0.3, -0.25) is 4.79 Å². The molecule has 0 spiro atoms. The minimum atomic E-state index is -0.493. The zero-order valence-corrected chi connectivity index (χ0v) is 13.7. The molecule has 2 N–H and O–H groups in total. The Hall–Kier alpha value is -1.26. The van der Waals surface area contributed by atoms with Crippen molar-refractivity contribution in [2.24, 2.45) is 5.92 Å². The summed E-state index contributed by atoms with van der Waals surface area (Å²) in [5, 5.41) is 5.46. The second-order valence-electron chi connectivity index (χ2n) is 6.82. The van der Waals surface area contributed by atoms with Gasteiger partial charge in [0.1, 0.15) is 5.60 Å². The third-order valence-corrected chi connectivity index (χ3v) is 3.62. The zero-order chi connectivity index (χ0) is 15.7. The first-order valence-corrected chi connectivity index (χ1v) is 8.10. The lowest BCUT2D eigenvalue weighted by Crippen LogP contribution is -2.37. The van der Waals surface area contributed by atoms with E-state index in [0.717, 1.165) is 12.3 Å². The highest BCUT2D eigenvalue weighted by molar-refractivity contribution is 5.75. The number of carbonyl (C=O) groups is 2. The van der Waals surface area contributed by atoms with Crippen LogP contribution in [0.15, 0.2) is 0 Å². The molecule has 0 aromatic carbocycles. The Morgan fingerprint density at radius 1 is 1.05 bits per heavy atom. The van der Waals surface area contributed by atoms with Gasteiger partial charge in [-0.25, -0.2) is 4.79 Å². The molecule has 1 fully saturated rings. The molecule has 5 heteroatoms. The van der Waals surface area contributed by atoms with Crippen LogP contribution in [0.2, 0.25) is 0 Å². The lowest BCUT2D eigenvalue weighted by atomic mass is 9.86. The molecule has 0 unspecified atom stereocenters. The molecule has 0 aliphatic heterocycles. The topological polar surface area (TPSA) is 67.4 Å². The van der Waals surface area contributed by atoms with Crippen LogP contribution in [0.3, 0.4) is 0 Å². The van der Waals surface area contributed by atoms with E-state index < -0.39 is 11.7 Å². The van der Waals surface area contributed by atoms with Gasteiger partial charge in [0.25, 0.3) is 0 Å². The maximum absolute atomic E-state index is 11.7. The van der Waals surface area contributed by atoms with Gasteiger partial charge in [-0.1, -0.05) is 32.1 Å². The van der Waals surface area contributed by atoms with E-state index >= 15 is 0 Å². The minimum Gasteiger partial charge on any atom is -0.444 e. The number of amides is 2. The Kier molecular flexibility index (Phi) is 7.54. The fourth-order valence-corrected chi connectivity index (χ4v) is 2.58. The Labute approximate surface area is 128 Å². The molecule has 0 atom stereocenters. The average molecular weight is 298 g/mol. The Bertz CT molecular complexity index is 331. The van der Waals surface area contributed by atoms with E-state index in [1.54, 1.807) is 0 Å². The van der Waals surface area contributed by atoms with Gasteiger partial charge in [0.05, 0.1) is 0 Å². The van der Waals surface area contributed by atoms with Crippen molar-refractivity contribution < 1.29 is 14.3 Å². The van der Waals surface area contributed by atoms with Gasteiger partial charge in [0.2, 0.25) is 5.91 Å². The zero-order valence-electron chi connectivity index (χ0n) is 13.7. The molecule has 0 aromatic rings. The van der Waals surface area contributed by atoms with Gasteiger partial charge in [-0.05, 0) is 33.1 Å². The number of hydrogen-bond acceptors (Lipinski definition) is 3. The summed E-state index contributed by atoms with van der Waals surface area (Å²) in [5.41, 5.74) is -0.493. The van der Waals surface area contributed by atoms with E-state index in [-0.39, 0.29) is 5.91 Å². The van der Waals surface area contributed by atoms with E-state index in [2.05, 4.69) is 10.6 Å². The van der Waals surface area contributed by atoms with Gasteiger partial charge in [0.15, 0.2) is 0 Å². The minimum absolute atomic E-state index is 0.0755. The highest BCUT2D eigenvalue weighted by Gasteiger charge is 2.16. The monoisotopic (exact) mass is 298 g/mol. The van der Waals surface area contributed by atoms with E-state index in [9.17, 15) is 9.59 Å². The van der Waals surface area contributed by atoms with Crippen LogP contribution >= 0.6 is 0 Å². The van der Waals surface area contributed by atoms with Gasteiger partial charge >= 0.3 is 6.09 Å². The molecule has 0 radical (unpaired) electrons. The molecule has 1 aliphatic carbocycles. The van der Waals surface area contributed by atoms with Crippen LogP contribution in [0.5, 0.6) is 0 Å². The fraction of sp³-hybridized carbons (Fsp3) is 0.875. The van der Waals surface area contributed by atoms with Gasteiger partial charge in [-0.2, -0.15) is 0 Å². The maximum Gasteiger partial charge on any atom is 0.407 e. The Morgan fingerprint density at radius 2 is 1.67 bits per heavy atom. The van der Waals surface area contributed by atoms with E-state index in [4.69, 9.17) is 4.74 Å². The van der Waals surface area contributed by atoms with E-state index in [0.29, 0.717) is 19.5 Å². The normalized spacial score (nSPS) is 16.3. The Morgan fingerprint density at radius 3 is 2.29 bits per heavy atom. The highest BCUT2D eigenvalue weighted by Crippen LogP contribution is 2.27. The third-order valence-electron chi connectivity index (χ3n) is 3.62. The summed E-state index contributed by atoms with van der Waals surface area (Å²) < 4.78 is 5.11. The molecular formula is C16H30N2O3. The molecule has 0 saturated heterocycles. The van der Waals surface area contributed by atoms with Crippen LogP contribution in [-0.4, -0.2) is 30.7 Å². The summed E-state index contributed by atoms with van der Waals surface area (Å²) in [6, 6.07) is 0. The molecule has 5 nitrogen and oxygen atoms in total. The predicted octanol–water partition coefficient (Wildman–Crippen LogP) is 2.99. The van der Waals surface area contributed by atoms with E-state index in [1.807, 2.05) is 20.8 Å². The number of nitrogens with one attached hydrogen (secondary N) is 2. The van der Waals surface area contributed by atoms with Crippen LogP contribution in [0, 0.1) is 5.92 Å². The second-order valence-corrected chi connectivity index (χ2v) is 6.82. The van der Waals surface area contributed by atoms with Crippen LogP contribution in [0.1, 0.15) is 65.7 Å². The van der Waals surface area contributed by atoms with Crippen molar-refractivity contribution in [3.8, 4) is 0 Å². The summed E-state index contributed by atoms with van der Waals surface area (Å²) in [6.07, 6.45) is 7.65. The van der Waals surface area contributed by atoms with Crippen LogP contribution in [0.25, 0.3) is 0 Å². The van der Waals surface area contributed by atoms with Crippen LogP contribution < -0.4 is 10.6 Å². The first-order valence-electron chi connectivity index (χ1n) is 8.10. The molecule has 122 valence electrons. The summed E-state index contributed by atoms with van der Waals surface area (Å²) in [6.45, 7) is 6.30. The fourth-order valence-electron chi connectivity index (χ4n) is 2.58. The lowest BCUT2D eigenvalue weighted by Gasteiger charge is -2.21. The summed E-state index contributed by atoms with van der Waals surface area (Å²) in [4.78, 5) is 23.1. The summed E-state index contributed by atoms with van der Waals surface area (Å²) >= 11 is 0. The number of alkyl carbamates (subject to hydrolysis) is 1. The molecule has 21 heavy (non-hydrogen) atoms. The lowest BCUT2D eigenvalue weighted by molar-refractivity contribution is -0.121. The van der Waals surface area contributed by atoms with Gasteiger partial charge < -0.3 is 15.4 Å².